The van der Waals surface area contributed by atoms with Gasteiger partial charge < -0.3 is 5.32 Å². The molecule has 1 aromatic rings. The molecule has 4 nitrogen and oxygen atoms in total. The molecule has 0 atom stereocenters. The van der Waals surface area contributed by atoms with Crippen molar-refractivity contribution >= 4 is 5.82 Å². The van der Waals surface area contributed by atoms with E-state index in [0.29, 0.717) is 5.92 Å². The molecule has 0 saturated heterocycles. The molecule has 2 heterocycles. The third-order valence-electron chi connectivity index (χ3n) is 2.71. The van der Waals surface area contributed by atoms with Crippen molar-refractivity contribution in [3.63, 3.8) is 0 Å². The second kappa shape index (κ2) is 3.77. The monoisotopic (exact) mass is 206 g/mol. The summed E-state index contributed by atoms with van der Waals surface area (Å²) >= 11 is 0. The van der Waals surface area contributed by atoms with Gasteiger partial charge in [0.1, 0.15) is 11.6 Å². The molecular formula is C11H18N4. The minimum Gasteiger partial charge on any atom is -0.373 e. The Hall–Kier alpha value is -1.16. The van der Waals surface area contributed by atoms with E-state index in [9.17, 15) is 0 Å². The summed E-state index contributed by atoms with van der Waals surface area (Å²) in [6.45, 7) is 6.13. The van der Waals surface area contributed by atoms with E-state index < -0.39 is 0 Å². The van der Waals surface area contributed by atoms with Crippen LogP contribution >= 0.6 is 0 Å². The van der Waals surface area contributed by atoms with Gasteiger partial charge in [-0.15, -0.1) is 0 Å². The number of anilines is 1. The first-order chi connectivity index (χ1) is 7.11. The Bertz CT molecular complexity index is 373. The lowest BCUT2D eigenvalue weighted by Gasteiger charge is -2.10. The zero-order valence-electron chi connectivity index (χ0n) is 9.83. The van der Waals surface area contributed by atoms with Crippen LogP contribution in [0.4, 0.5) is 5.82 Å². The molecule has 1 aliphatic heterocycles. The van der Waals surface area contributed by atoms with Crippen LogP contribution in [-0.2, 0) is 13.1 Å². The summed E-state index contributed by atoms with van der Waals surface area (Å²) in [7, 11) is 4.03. The van der Waals surface area contributed by atoms with Gasteiger partial charge in [0.05, 0.1) is 5.69 Å². The molecule has 0 saturated carbocycles. The summed E-state index contributed by atoms with van der Waals surface area (Å²) in [6, 6.07) is 0. The summed E-state index contributed by atoms with van der Waals surface area (Å²) in [6.07, 6.45) is 0. The lowest BCUT2D eigenvalue weighted by molar-refractivity contribution is 0.351. The molecule has 0 unspecified atom stereocenters. The molecule has 0 fully saturated rings. The van der Waals surface area contributed by atoms with Crippen molar-refractivity contribution in [2.45, 2.75) is 32.9 Å². The maximum atomic E-state index is 4.62. The minimum atomic E-state index is 0.383. The summed E-state index contributed by atoms with van der Waals surface area (Å²) in [5.74, 6) is 2.31. The molecule has 0 bridgehead atoms. The Morgan fingerprint density at radius 3 is 2.60 bits per heavy atom. The fraction of sp³-hybridized carbons (Fsp3) is 0.636. The molecule has 82 valence electrons. The molecule has 15 heavy (non-hydrogen) atoms. The lowest BCUT2D eigenvalue weighted by Crippen LogP contribution is -2.08. The lowest BCUT2D eigenvalue weighted by atomic mass is 10.2. The van der Waals surface area contributed by atoms with Crippen molar-refractivity contribution in [1.82, 2.24) is 14.9 Å². The molecule has 0 radical (unpaired) electrons. The fourth-order valence-corrected chi connectivity index (χ4v) is 1.89. The Morgan fingerprint density at radius 1 is 1.27 bits per heavy atom. The number of rotatable bonds is 2. The number of hydrogen-bond donors (Lipinski definition) is 1. The Labute approximate surface area is 90.7 Å². The van der Waals surface area contributed by atoms with Gasteiger partial charge in [0.2, 0.25) is 0 Å². The zero-order valence-corrected chi connectivity index (χ0v) is 9.83. The van der Waals surface area contributed by atoms with Crippen LogP contribution in [0.15, 0.2) is 0 Å². The average molecular weight is 206 g/mol. The van der Waals surface area contributed by atoms with E-state index in [1.165, 1.54) is 11.3 Å². The van der Waals surface area contributed by atoms with E-state index >= 15 is 0 Å². The van der Waals surface area contributed by atoms with Gasteiger partial charge >= 0.3 is 0 Å². The molecule has 1 aliphatic rings. The first-order valence-corrected chi connectivity index (χ1v) is 5.37. The van der Waals surface area contributed by atoms with E-state index in [0.717, 1.165) is 24.7 Å². The molecule has 2 rings (SSSR count). The highest BCUT2D eigenvalue weighted by molar-refractivity contribution is 5.48. The maximum Gasteiger partial charge on any atom is 0.134 e. The van der Waals surface area contributed by atoms with Crippen LogP contribution in [0.25, 0.3) is 0 Å². The third-order valence-corrected chi connectivity index (χ3v) is 2.71. The Balaban J connectivity index is 2.47. The number of aromatic nitrogens is 2. The van der Waals surface area contributed by atoms with E-state index in [1.54, 1.807) is 0 Å². The molecule has 0 aromatic carbocycles. The van der Waals surface area contributed by atoms with Crippen LogP contribution in [0, 0.1) is 0 Å². The third kappa shape index (κ3) is 1.81. The van der Waals surface area contributed by atoms with Gasteiger partial charge in [-0.1, -0.05) is 13.8 Å². The Morgan fingerprint density at radius 2 is 2.00 bits per heavy atom. The van der Waals surface area contributed by atoms with Crippen LogP contribution in [0.5, 0.6) is 0 Å². The molecule has 0 amide bonds. The zero-order chi connectivity index (χ0) is 11.0. The van der Waals surface area contributed by atoms with E-state index in [-0.39, 0.29) is 0 Å². The molecule has 1 aromatic heterocycles. The van der Waals surface area contributed by atoms with Crippen LogP contribution in [0.3, 0.4) is 0 Å². The van der Waals surface area contributed by atoms with Crippen LogP contribution in [-0.4, -0.2) is 29.0 Å². The Kier molecular flexibility index (Phi) is 2.61. The SMILES string of the molecule is CNc1nc(C(C)C)nc2c1CN(C)C2. The first-order valence-electron chi connectivity index (χ1n) is 5.37. The summed E-state index contributed by atoms with van der Waals surface area (Å²) in [5, 5.41) is 3.17. The second-order valence-electron chi connectivity index (χ2n) is 4.43. The smallest absolute Gasteiger partial charge is 0.134 e. The highest BCUT2D eigenvalue weighted by Gasteiger charge is 2.22. The van der Waals surface area contributed by atoms with Crippen molar-refractivity contribution in [2.75, 3.05) is 19.4 Å². The second-order valence-corrected chi connectivity index (χ2v) is 4.43. The van der Waals surface area contributed by atoms with Gasteiger partial charge in [-0.25, -0.2) is 9.97 Å². The topological polar surface area (TPSA) is 41.1 Å². The highest BCUT2D eigenvalue weighted by Crippen LogP contribution is 2.27. The normalized spacial score (nSPS) is 15.8. The molecule has 4 heteroatoms. The van der Waals surface area contributed by atoms with Gasteiger partial charge in [0.15, 0.2) is 0 Å². The van der Waals surface area contributed by atoms with Gasteiger partial charge in [-0.3, -0.25) is 4.90 Å². The van der Waals surface area contributed by atoms with Crippen molar-refractivity contribution in [1.29, 1.82) is 0 Å². The number of hydrogen-bond acceptors (Lipinski definition) is 4. The van der Waals surface area contributed by atoms with Crippen molar-refractivity contribution in [2.24, 2.45) is 0 Å². The molecule has 0 spiro atoms. The standard InChI is InChI=1S/C11H18N4/c1-7(2)10-13-9-6-15(4)5-8(9)11(12-3)14-10/h7H,5-6H2,1-4H3,(H,12,13,14). The number of nitrogens with zero attached hydrogens (tertiary/aromatic N) is 3. The first kappa shape index (κ1) is 10.4. The summed E-state index contributed by atoms with van der Waals surface area (Å²) in [5.41, 5.74) is 2.44. The van der Waals surface area contributed by atoms with E-state index in [2.05, 4.69) is 41.1 Å². The average Bonchev–Trinajstić information content (AvgIpc) is 2.56. The van der Waals surface area contributed by atoms with Crippen LogP contribution in [0.2, 0.25) is 0 Å². The van der Waals surface area contributed by atoms with E-state index in [4.69, 9.17) is 0 Å². The predicted molar refractivity (Wildman–Crippen MR) is 60.8 cm³/mol. The van der Waals surface area contributed by atoms with Crippen molar-refractivity contribution in [3.05, 3.63) is 17.1 Å². The van der Waals surface area contributed by atoms with Crippen LogP contribution in [0.1, 0.15) is 36.8 Å². The fourth-order valence-electron chi connectivity index (χ4n) is 1.89. The van der Waals surface area contributed by atoms with Gasteiger partial charge in [0.25, 0.3) is 0 Å². The van der Waals surface area contributed by atoms with E-state index in [1.807, 2.05) is 7.05 Å². The predicted octanol–water partition coefficient (Wildman–Crippen LogP) is 1.59. The highest BCUT2D eigenvalue weighted by atomic mass is 15.2. The summed E-state index contributed by atoms with van der Waals surface area (Å²) in [4.78, 5) is 11.4. The number of fused-ring (bicyclic) bond motifs is 1. The molecular weight excluding hydrogens is 188 g/mol. The molecule has 1 N–H and O–H groups in total. The molecule has 0 aliphatic carbocycles. The van der Waals surface area contributed by atoms with Crippen molar-refractivity contribution < 1.29 is 0 Å². The van der Waals surface area contributed by atoms with Crippen LogP contribution < -0.4 is 5.32 Å². The van der Waals surface area contributed by atoms with Gasteiger partial charge in [-0.05, 0) is 7.05 Å². The quantitative estimate of drug-likeness (QED) is 0.797. The van der Waals surface area contributed by atoms with Gasteiger partial charge in [-0.2, -0.15) is 0 Å². The number of nitrogens with one attached hydrogen (secondary N) is 1. The maximum absolute atomic E-state index is 4.62. The summed E-state index contributed by atoms with van der Waals surface area (Å²) < 4.78 is 0. The minimum absolute atomic E-state index is 0.383. The largest absolute Gasteiger partial charge is 0.373 e. The van der Waals surface area contributed by atoms with Gasteiger partial charge in [0, 0.05) is 31.6 Å². The van der Waals surface area contributed by atoms with Crippen molar-refractivity contribution in [3.8, 4) is 0 Å².